The number of Topliss-reactive ketones (excluding diaryl/α,β-unsaturated/α-hetero) is 1. The van der Waals surface area contributed by atoms with Crippen LogP contribution in [0.15, 0.2) is 31.1 Å². The molecule has 0 fully saturated rings. The number of carboxylic acid groups (broad SMARTS) is 1. The summed E-state index contributed by atoms with van der Waals surface area (Å²) in [5.41, 5.74) is 2.83. The van der Waals surface area contributed by atoms with Crippen LogP contribution in [0.5, 0.6) is 5.75 Å². The lowest BCUT2D eigenvalue weighted by Gasteiger charge is -2.38. The SMILES string of the molecule is O=C(O)C(F)(F)F.O=C1C(Br)=CC2(C=C1Br)CCNc1c(O)c3c4c(c12)=NCCC=4C=N3. The van der Waals surface area contributed by atoms with Crippen LogP contribution in [0.1, 0.15) is 18.4 Å². The molecule has 0 aromatic heterocycles. The number of aliphatic carboxylic acids is 1. The molecular weight excluding hydrogens is 563 g/mol. The molecule has 1 aromatic carbocycles. The van der Waals surface area contributed by atoms with Crippen molar-refractivity contribution < 1.29 is 33.0 Å². The summed E-state index contributed by atoms with van der Waals surface area (Å²) in [6.07, 6.45) is 2.25. The molecule has 1 spiro atoms. The van der Waals surface area contributed by atoms with E-state index in [1.807, 2.05) is 18.4 Å². The van der Waals surface area contributed by atoms with Gasteiger partial charge in [0.1, 0.15) is 5.69 Å². The lowest BCUT2D eigenvalue weighted by molar-refractivity contribution is -0.192. The Balaban J connectivity index is 0.000000307. The summed E-state index contributed by atoms with van der Waals surface area (Å²) < 4.78 is 32.8. The van der Waals surface area contributed by atoms with Crippen molar-refractivity contribution in [1.82, 2.24) is 0 Å². The predicted molar refractivity (Wildman–Crippen MR) is 117 cm³/mol. The number of carbonyl (C=O) groups is 2. The number of nitrogens with one attached hydrogen (secondary N) is 1. The number of nitrogens with zero attached hydrogens (tertiary/aromatic N) is 2. The summed E-state index contributed by atoms with van der Waals surface area (Å²) >= 11 is 6.81. The van der Waals surface area contributed by atoms with E-state index in [1.54, 1.807) is 0 Å². The first-order chi connectivity index (χ1) is 15.0. The number of rotatable bonds is 0. The van der Waals surface area contributed by atoms with Gasteiger partial charge in [-0.15, -0.1) is 0 Å². The smallest absolute Gasteiger partial charge is 0.490 e. The first kappa shape index (κ1) is 22.7. The Hall–Kier alpha value is -2.47. The van der Waals surface area contributed by atoms with Crippen molar-refractivity contribution in [3.05, 3.63) is 37.3 Å². The minimum atomic E-state index is -5.08. The van der Waals surface area contributed by atoms with Gasteiger partial charge in [0.2, 0.25) is 5.78 Å². The van der Waals surface area contributed by atoms with Crippen molar-refractivity contribution in [2.75, 3.05) is 18.4 Å². The second-order valence-corrected chi connectivity index (χ2v) is 9.13. The van der Waals surface area contributed by atoms with E-state index in [4.69, 9.17) is 14.9 Å². The summed E-state index contributed by atoms with van der Waals surface area (Å²) in [4.78, 5) is 30.3. The minimum absolute atomic E-state index is 0.0720. The molecule has 1 aliphatic carbocycles. The number of phenols is 1. The number of halogens is 5. The van der Waals surface area contributed by atoms with Crippen LogP contribution in [-0.4, -0.2) is 47.4 Å². The zero-order valence-corrected chi connectivity index (χ0v) is 19.2. The average Bonchev–Trinajstić information content (AvgIpc) is 3.15. The largest absolute Gasteiger partial charge is 0.504 e. The lowest BCUT2D eigenvalue weighted by atomic mass is 9.71. The van der Waals surface area contributed by atoms with E-state index in [0.29, 0.717) is 33.4 Å². The Morgan fingerprint density at radius 2 is 1.84 bits per heavy atom. The first-order valence-electron chi connectivity index (χ1n) is 9.33. The Morgan fingerprint density at radius 1 is 1.22 bits per heavy atom. The summed E-state index contributed by atoms with van der Waals surface area (Å²) in [5.74, 6) is -2.66. The van der Waals surface area contributed by atoms with E-state index >= 15 is 0 Å². The minimum Gasteiger partial charge on any atom is -0.504 e. The van der Waals surface area contributed by atoms with Crippen molar-refractivity contribution >= 4 is 66.8 Å². The highest BCUT2D eigenvalue weighted by atomic mass is 79.9. The second kappa shape index (κ2) is 7.84. The molecule has 4 aliphatic rings. The van der Waals surface area contributed by atoms with Gasteiger partial charge in [0, 0.05) is 35.5 Å². The number of alkyl halides is 3. The summed E-state index contributed by atoms with van der Waals surface area (Å²) in [5, 5.41) is 23.1. The standard InChI is InChI=1S/C18H13Br2N3O2.C2HF3O2/c19-9-5-18(6-10(20)16(9)24)2-4-22-15-12(18)13-11-8(1-3-21-13)7-23-14(11)17(15)25;3-2(4,5)1(6)7/h5-7,22,25H,1-4H2;(H,6,7). The predicted octanol–water partition coefficient (Wildman–Crippen LogP) is 3.11. The van der Waals surface area contributed by atoms with E-state index in [9.17, 15) is 23.1 Å². The van der Waals surface area contributed by atoms with Gasteiger partial charge in [0.15, 0.2) is 5.75 Å². The number of anilines is 1. The fourth-order valence-electron chi connectivity index (χ4n) is 4.16. The number of allylic oxidation sites excluding steroid dienone is 4. The van der Waals surface area contributed by atoms with Crippen LogP contribution >= 0.6 is 31.9 Å². The number of benzene rings is 1. The molecule has 5 rings (SSSR count). The molecule has 0 atom stereocenters. The molecule has 168 valence electrons. The lowest BCUT2D eigenvalue weighted by Crippen LogP contribution is -2.44. The Morgan fingerprint density at radius 3 is 2.44 bits per heavy atom. The molecule has 7 nitrogen and oxygen atoms in total. The quantitative estimate of drug-likeness (QED) is 0.411. The molecule has 1 aromatic rings. The topological polar surface area (TPSA) is 111 Å². The molecule has 0 saturated heterocycles. The molecule has 0 radical (unpaired) electrons. The maximum absolute atomic E-state index is 12.2. The van der Waals surface area contributed by atoms with Crippen molar-refractivity contribution in [3.63, 3.8) is 0 Å². The Kier molecular flexibility index (Phi) is 5.56. The van der Waals surface area contributed by atoms with Crippen molar-refractivity contribution in [3.8, 4) is 5.75 Å². The van der Waals surface area contributed by atoms with Crippen LogP contribution in [0, 0.1) is 0 Å². The number of fused-ring (bicyclic) bond motifs is 3. The summed E-state index contributed by atoms with van der Waals surface area (Å²) in [6, 6.07) is 0. The van der Waals surface area contributed by atoms with Crippen molar-refractivity contribution in [2.24, 2.45) is 9.98 Å². The molecule has 32 heavy (non-hydrogen) atoms. The van der Waals surface area contributed by atoms with Gasteiger partial charge < -0.3 is 15.5 Å². The molecule has 0 bridgehead atoms. The Bertz CT molecular complexity index is 1260. The number of hydrogen-bond acceptors (Lipinski definition) is 6. The van der Waals surface area contributed by atoms with Gasteiger partial charge in [-0.25, -0.2) is 4.79 Å². The van der Waals surface area contributed by atoms with Gasteiger partial charge >= 0.3 is 12.1 Å². The van der Waals surface area contributed by atoms with Crippen molar-refractivity contribution in [1.29, 1.82) is 0 Å². The van der Waals surface area contributed by atoms with E-state index in [-0.39, 0.29) is 11.5 Å². The van der Waals surface area contributed by atoms with Crippen LogP contribution < -0.4 is 15.9 Å². The van der Waals surface area contributed by atoms with Crippen LogP contribution in [0.25, 0.3) is 5.57 Å². The fraction of sp³-hybridized carbons (Fsp3) is 0.300. The number of phenolic OH excluding ortho intramolecular Hbond substituents is 1. The number of ketones is 1. The second-order valence-electron chi connectivity index (χ2n) is 7.42. The molecule has 3 heterocycles. The normalized spacial score (nSPS) is 19.7. The average molecular weight is 577 g/mol. The number of carbonyl (C=O) groups excluding carboxylic acids is 1. The molecule has 0 unspecified atom stereocenters. The third-order valence-electron chi connectivity index (χ3n) is 5.49. The van der Waals surface area contributed by atoms with Gasteiger partial charge in [-0.1, -0.05) is 12.2 Å². The van der Waals surface area contributed by atoms with Gasteiger partial charge in [-0.05, 0) is 50.3 Å². The van der Waals surface area contributed by atoms with Crippen LogP contribution in [-0.2, 0) is 15.0 Å². The fourth-order valence-corrected chi connectivity index (χ4v) is 5.67. The summed E-state index contributed by atoms with van der Waals surface area (Å²) in [7, 11) is 0. The Labute approximate surface area is 195 Å². The monoisotopic (exact) mass is 575 g/mol. The molecule has 0 amide bonds. The zero-order valence-electron chi connectivity index (χ0n) is 16.1. The van der Waals surface area contributed by atoms with E-state index in [2.05, 4.69) is 42.2 Å². The number of aliphatic imine (C=N–C) groups is 1. The number of aromatic hydroxyl groups is 1. The molecule has 3 aliphatic heterocycles. The third-order valence-corrected chi connectivity index (χ3v) is 6.67. The van der Waals surface area contributed by atoms with E-state index < -0.39 is 17.6 Å². The molecule has 3 N–H and O–H groups in total. The van der Waals surface area contributed by atoms with E-state index in [1.165, 1.54) is 0 Å². The maximum atomic E-state index is 12.2. The molecular formula is C20H14Br2F3N3O4. The summed E-state index contributed by atoms with van der Waals surface area (Å²) in [6.45, 7) is 1.39. The van der Waals surface area contributed by atoms with Gasteiger partial charge in [-0.3, -0.25) is 14.8 Å². The van der Waals surface area contributed by atoms with E-state index in [0.717, 1.165) is 34.6 Å². The van der Waals surface area contributed by atoms with Crippen LogP contribution in [0.4, 0.5) is 24.5 Å². The van der Waals surface area contributed by atoms with Crippen molar-refractivity contribution in [2.45, 2.75) is 24.4 Å². The third kappa shape index (κ3) is 3.58. The highest BCUT2D eigenvalue weighted by Gasteiger charge is 2.42. The highest BCUT2D eigenvalue weighted by molar-refractivity contribution is 9.13. The van der Waals surface area contributed by atoms with Crippen LogP contribution in [0.3, 0.4) is 0 Å². The molecule has 12 heteroatoms. The van der Waals surface area contributed by atoms with Crippen LogP contribution in [0.2, 0.25) is 0 Å². The van der Waals surface area contributed by atoms with Gasteiger partial charge in [0.05, 0.1) is 20.0 Å². The molecule has 0 saturated carbocycles. The van der Waals surface area contributed by atoms with Gasteiger partial charge in [-0.2, -0.15) is 13.2 Å². The first-order valence-corrected chi connectivity index (χ1v) is 10.9. The maximum Gasteiger partial charge on any atom is 0.490 e. The zero-order chi connectivity index (χ0) is 23.4. The highest BCUT2D eigenvalue weighted by Crippen LogP contribution is 2.48. The van der Waals surface area contributed by atoms with Gasteiger partial charge in [0.25, 0.3) is 0 Å². The number of hydrogen-bond donors (Lipinski definition) is 3. The number of carboxylic acids is 1.